The zero-order valence-corrected chi connectivity index (χ0v) is 16.3. The van der Waals surface area contributed by atoms with Crippen LogP contribution in [0.4, 0.5) is 0 Å². The first kappa shape index (κ1) is 22.2. The minimum atomic E-state index is -1.50. The predicted molar refractivity (Wildman–Crippen MR) is 109 cm³/mol. The maximum atomic E-state index is 12.4. The fourth-order valence-electron chi connectivity index (χ4n) is 2.78. The lowest BCUT2D eigenvalue weighted by Crippen LogP contribution is -2.56. The van der Waals surface area contributed by atoms with Gasteiger partial charge in [-0.3, -0.25) is 14.4 Å². The number of aliphatic carboxylic acids is 1. The Kier molecular flexibility index (Phi) is 7.62. The number of nitrogens with one attached hydrogen (secondary N) is 3. The zero-order chi connectivity index (χ0) is 21.6. The molecule has 11 heteroatoms. The number of amides is 3. The third kappa shape index (κ3) is 5.96. The second-order valence-corrected chi connectivity index (χ2v) is 6.85. The molecule has 1 aromatic carbocycles. The third-order valence-corrected chi connectivity index (χ3v) is 4.65. The van der Waals surface area contributed by atoms with E-state index in [1.807, 2.05) is 24.3 Å². The van der Waals surface area contributed by atoms with Crippen molar-refractivity contribution in [3.63, 3.8) is 0 Å². The minimum Gasteiger partial charge on any atom is -0.480 e. The van der Waals surface area contributed by atoms with Crippen LogP contribution in [0.1, 0.15) is 12.0 Å². The van der Waals surface area contributed by atoms with Crippen LogP contribution < -0.4 is 22.1 Å². The molecule has 0 saturated heterocycles. The molecule has 0 fully saturated rings. The summed E-state index contributed by atoms with van der Waals surface area (Å²) in [5, 5.41) is 14.6. The standard InChI is InChI=1S/C18H23N5O5S/c19-11(5-9-7-21-12-4-2-1-3-10(9)12)16(25)23-14(8-29)17(26)22-13(18(27)28)6-15(20)24/h1-4,7,11,13-14,21,29H,5-6,8,19H2,(H2,20,24)(H,22,26)(H,23,25)(H,27,28)/t11-,13-,14-/m0/s1. The van der Waals surface area contributed by atoms with Crippen LogP contribution in [0.2, 0.25) is 0 Å². The highest BCUT2D eigenvalue weighted by Gasteiger charge is 2.28. The zero-order valence-electron chi connectivity index (χ0n) is 15.4. The summed E-state index contributed by atoms with van der Waals surface area (Å²) in [5.41, 5.74) is 12.7. The van der Waals surface area contributed by atoms with Gasteiger partial charge in [0.2, 0.25) is 17.7 Å². The van der Waals surface area contributed by atoms with Crippen molar-refractivity contribution in [2.75, 3.05) is 5.75 Å². The van der Waals surface area contributed by atoms with Gasteiger partial charge >= 0.3 is 5.97 Å². The van der Waals surface area contributed by atoms with Gasteiger partial charge in [-0.05, 0) is 18.1 Å². The van der Waals surface area contributed by atoms with Crippen LogP contribution >= 0.6 is 12.6 Å². The molecule has 0 spiro atoms. The van der Waals surface area contributed by atoms with Gasteiger partial charge in [0.05, 0.1) is 12.5 Å². The third-order valence-electron chi connectivity index (χ3n) is 4.29. The number of nitrogens with two attached hydrogens (primary N) is 2. The van der Waals surface area contributed by atoms with Crippen molar-refractivity contribution in [2.45, 2.75) is 31.0 Å². The molecule has 0 unspecified atom stereocenters. The predicted octanol–water partition coefficient (Wildman–Crippen LogP) is -1.10. The number of carboxylic acids is 1. The monoisotopic (exact) mass is 421 g/mol. The van der Waals surface area contributed by atoms with Crippen LogP contribution in [-0.4, -0.2) is 57.7 Å². The van der Waals surface area contributed by atoms with Crippen LogP contribution in [0.5, 0.6) is 0 Å². The SMILES string of the molecule is NC(=O)C[C@H](NC(=O)[C@H](CS)NC(=O)[C@@H](N)Cc1c[nH]c2ccccc12)C(=O)O. The van der Waals surface area contributed by atoms with Crippen molar-refractivity contribution in [2.24, 2.45) is 11.5 Å². The molecule has 0 aliphatic rings. The Hall–Kier alpha value is -3.05. The van der Waals surface area contributed by atoms with Crippen LogP contribution in [0.25, 0.3) is 10.9 Å². The van der Waals surface area contributed by atoms with Gasteiger partial charge in [0.15, 0.2) is 0 Å². The van der Waals surface area contributed by atoms with Crippen LogP contribution in [0.3, 0.4) is 0 Å². The lowest BCUT2D eigenvalue weighted by molar-refractivity contribution is -0.143. The Bertz CT molecular complexity index is 915. The van der Waals surface area contributed by atoms with E-state index in [0.717, 1.165) is 16.5 Å². The van der Waals surface area contributed by atoms with Crippen LogP contribution in [0, 0.1) is 0 Å². The molecule has 0 bridgehead atoms. The summed E-state index contributed by atoms with van der Waals surface area (Å²) in [6.45, 7) is 0. The van der Waals surface area contributed by atoms with Gasteiger partial charge in [-0.15, -0.1) is 0 Å². The summed E-state index contributed by atoms with van der Waals surface area (Å²) in [7, 11) is 0. The molecule has 156 valence electrons. The molecule has 0 aliphatic carbocycles. The number of H-pyrrole nitrogens is 1. The van der Waals surface area contributed by atoms with Gasteiger partial charge in [-0.2, -0.15) is 12.6 Å². The molecule has 0 radical (unpaired) electrons. The number of primary amides is 1. The summed E-state index contributed by atoms with van der Waals surface area (Å²) in [6.07, 6.45) is 1.42. The van der Waals surface area contributed by atoms with Crippen LogP contribution in [0.15, 0.2) is 30.5 Å². The largest absolute Gasteiger partial charge is 0.480 e. The highest BCUT2D eigenvalue weighted by atomic mass is 32.1. The Morgan fingerprint density at radius 2 is 1.76 bits per heavy atom. The molecule has 2 rings (SSSR count). The number of carbonyl (C=O) groups is 4. The summed E-state index contributed by atoms with van der Waals surface area (Å²) >= 11 is 4.02. The van der Waals surface area contributed by atoms with Gasteiger partial charge in [0.1, 0.15) is 12.1 Å². The first-order valence-electron chi connectivity index (χ1n) is 8.76. The van der Waals surface area contributed by atoms with Gasteiger partial charge in [0, 0.05) is 22.9 Å². The van der Waals surface area contributed by atoms with E-state index >= 15 is 0 Å². The average molecular weight is 421 g/mol. The number of hydrogen-bond acceptors (Lipinski definition) is 6. The highest BCUT2D eigenvalue weighted by molar-refractivity contribution is 7.80. The molecular weight excluding hydrogens is 398 g/mol. The number of carbonyl (C=O) groups excluding carboxylic acids is 3. The molecule has 0 saturated carbocycles. The number of carboxylic acid groups (broad SMARTS) is 1. The molecule has 10 nitrogen and oxygen atoms in total. The number of hydrogen-bond donors (Lipinski definition) is 7. The van der Waals surface area contributed by atoms with Gasteiger partial charge < -0.3 is 32.2 Å². The normalized spacial score (nSPS) is 14.0. The van der Waals surface area contributed by atoms with Crippen molar-refractivity contribution in [1.29, 1.82) is 0 Å². The van der Waals surface area contributed by atoms with E-state index < -0.39 is 48.2 Å². The molecule has 3 atom stereocenters. The number of fused-ring (bicyclic) bond motifs is 1. The van der Waals surface area contributed by atoms with E-state index in [-0.39, 0.29) is 12.2 Å². The molecule has 1 heterocycles. The Labute approximate surface area is 171 Å². The number of aromatic amines is 1. The minimum absolute atomic E-state index is 0.0969. The smallest absolute Gasteiger partial charge is 0.326 e. The number of para-hydroxylation sites is 1. The molecule has 8 N–H and O–H groups in total. The summed E-state index contributed by atoms with van der Waals surface area (Å²) in [6, 6.07) is 3.99. The molecule has 3 amide bonds. The van der Waals surface area contributed by atoms with Crippen LogP contribution in [-0.2, 0) is 25.6 Å². The second-order valence-electron chi connectivity index (χ2n) is 6.48. The van der Waals surface area contributed by atoms with E-state index in [4.69, 9.17) is 16.6 Å². The fourth-order valence-corrected chi connectivity index (χ4v) is 3.03. The molecular formula is C18H23N5O5S. The quantitative estimate of drug-likeness (QED) is 0.239. The van der Waals surface area contributed by atoms with E-state index in [9.17, 15) is 19.2 Å². The topological polar surface area (TPSA) is 180 Å². The molecule has 0 aliphatic heterocycles. The van der Waals surface area contributed by atoms with Crippen molar-refractivity contribution in [3.05, 3.63) is 36.0 Å². The molecule has 1 aromatic heterocycles. The highest BCUT2D eigenvalue weighted by Crippen LogP contribution is 2.18. The van der Waals surface area contributed by atoms with Gasteiger partial charge in [-0.1, -0.05) is 18.2 Å². The number of benzene rings is 1. The average Bonchev–Trinajstić information content (AvgIpc) is 3.07. The number of aromatic nitrogens is 1. The Morgan fingerprint density at radius 3 is 2.38 bits per heavy atom. The van der Waals surface area contributed by atoms with Crippen molar-refractivity contribution < 1.29 is 24.3 Å². The lowest BCUT2D eigenvalue weighted by Gasteiger charge is -2.21. The van der Waals surface area contributed by atoms with Crippen molar-refractivity contribution >= 4 is 47.2 Å². The lowest BCUT2D eigenvalue weighted by atomic mass is 10.0. The van der Waals surface area contributed by atoms with E-state index in [2.05, 4.69) is 28.2 Å². The van der Waals surface area contributed by atoms with E-state index in [0.29, 0.717) is 0 Å². The van der Waals surface area contributed by atoms with Gasteiger partial charge in [0.25, 0.3) is 0 Å². The van der Waals surface area contributed by atoms with Crippen molar-refractivity contribution in [3.8, 4) is 0 Å². The Morgan fingerprint density at radius 1 is 1.10 bits per heavy atom. The molecule has 2 aromatic rings. The number of rotatable bonds is 10. The summed E-state index contributed by atoms with van der Waals surface area (Å²) < 4.78 is 0. The molecule has 29 heavy (non-hydrogen) atoms. The fraction of sp³-hybridized carbons (Fsp3) is 0.333. The first-order chi connectivity index (χ1) is 13.7. The summed E-state index contributed by atoms with van der Waals surface area (Å²) in [4.78, 5) is 49.9. The first-order valence-corrected chi connectivity index (χ1v) is 9.39. The maximum absolute atomic E-state index is 12.4. The van der Waals surface area contributed by atoms with Gasteiger partial charge in [-0.25, -0.2) is 4.79 Å². The van der Waals surface area contributed by atoms with E-state index in [1.165, 1.54) is 0 Å². The Balaban J connectivity index is 1.99. The summed E-state index contributed by atoms with van der Waals surface area (Å²) in [5.74, 6) is -3.80. The van der Waals surface area contributed by atoms with E-state index in [1.54, 1.807) is 6.20 Å². The van der Waals surface area contributed by atoms with Crippen molar-refractivity contribution in [1.82, 2.24) is 15.6 Å². The number of thiol groups is 1. The maximum Gasteiger partial charge on any atom is 0.326 e. The second kappa shape index (κ2) is 9.94.